The number of hydrogen-bond acceptors (Lipinski definition) is 5. The summed E-state index contributed by atoms with van der Waals surface area (Å²) in [6.45, 7) is 8.43. The molecule has 102 valence electrons. The molecule has 0 bridgehead atoms. The van der Waals surface area contributed by atoms with Crippen LogP contribution < -0.4 is 0 Å². The third-order valence-corrected chi connectivity index (χ3v) is 3.18. The lowest BCUT2D eigenvalue weighted by Gasteiger charge is -2.27. The van der Waals surface area contributed by atoms with Crippen LogP contribution in [0.2, 0.25) is 0 Å². The lowest BCUT2D eigenvalue weighted by Crippen LogP contribution is -2.29. The van der Waals surface area contributed by atoms with Crippen molar-refractivity contribution in [3.05, 3.63) is 11.7 Å². The maximum atomic E-state index is 11.3. The Bertz CT molecular complexity index is 383. The molecule has 1 heterocycles. The van der Waals surface area contributed by atoms with Gasteiger partial charge in [-0.2, -0.15) is 4.98 Å². The highest BCUT2D eigenvalue weighted by Gasteiger charge is 2.34. The van der Waals surface area contributed by atoms with Gasteiger partial charge in [-0.3, -0.25) is 4.79 Å². The number of rotatable bonds is 8. The fraction of sp³-hybridized carbons (Fsp3) is 0.769. The van der Waals surface area contributed by atoms with Gasteiger partial charge in [-0.25, -0.2) is 0 Å². The minimum absolute atomic E-state index is 0.0974. The van der Waals surface area contributed by atoms with E-state index in [1.54, 1.807) is 0 Å². The standard InChI is InChI=1S/C13H22N2O3/c1-5-10(16)9-11-14-12(15-18-11)13(6-2,7-3)17-8-4/h5-9H2,1-4H3. The van der Waals surface area contributed by atoms with Gasteiger partial charge in [0, 0.05) is 13.0 Å². The summed E-state index contributed by atoms with van der Waals surface area (Å²) in [6, 6.07) is 0. The second kappa shape index (κ2) is 6.64. The van der Waals surface area contributed by atoms with Gasteiger partial charge in [0.25, 0.3) is 0 Å². The van der Waals surface area contributed by atoms with Gasteiger partial charge >= 0.3 is 0 Å². The molecular weight excluding hydrogens is 232 g/mol. The fourth-order valence-corrected chi connectivity index (χ4v) is 1.92. The molecule has 0 aliphatic rings. The summed E-state index contributed by atoms with van der Waals surface area (Å²) >= 11 is 0. The Kier molecular flexibility index (Phi) is 5.47. The molecule has 0 radical (unpaired) electrons. The Morgan fingerprint density at radius 2 is 1.94 bits per heavy atom. The van der Waals surface area contributed by atoms with Crippen molar-refractivity contribution in [3.8, 4) is 0 Å². The van der Waals surface area contributed by atoms with E-state index in [1.165, 1.54) is 0 Å². The van der Waals surface area contributed by atoms with E-state index in [-0.39, 0.29) is 12.2 Å². The van der Waals surface area contributed by atoms with Crippen LogP contribution in [0.4, 0.5) is 0 Å². The predicted octanol–water partition coefficient (Wildman–Crippen LogP) is 2.64. The molecule has 18 heavy (non-hydrogen) atoms. The number of ketones is 1. The van der Waals surface area contributed by atoms with Gasteiger partial charge in [0.15, 0.2) is 0 Å². The molecule has 0 fully saturated rings. The minimum atomic E-state index is -0.494. The van der Waals surface area contributed by atoms with Crippen molar-refractivity contribution in [3.63, 3.8) is 0 Å². The summed E-state index contributed by atoms with van der Waals surface area (Å²) in [5, 5.41) is 3.97. The number of ether oxygens (including phenoxy) is 1. The van der Waals surface area contributed by atoms with E-state index >= 15 is 0 Å². The molecule has 0 aromatic carbocycles. The summed E-state index contributed by atoms with van der Waals surface area (Å²) < 4.78 is 10.9. The molecule has 0 aliphatic carbocycles. The van der Waals surface area contributed by atoms with Crippen molar-refractivity contribution in [1.29, 1.82) is 0 Å². The third kappa shape index (κ3) is 3.16. The Morgan fingerprint density at radius 3 is 2.44 bits per heavy atom. The quantitative estimate of drug-likeness (QED) is 0.713. The molecule has 0 amide bonds. The summed E-state index contributed by atoms with van der Waals surface area (Å²) in [5.74, 6) is 1.02. The number of hydrogen-bond donors (Lipinski definition) is 0. The molecule has 5 nitrogen and oxygen atoms in total. The fourth-order valence-electron chi connectivity index (χ4n) is 1.92. The Morgan fingerprint density at radius 1 is 1.28 bits per heavy atom. The summed E-state index contributed by atoms with van der Waals surface area (Å²) in [7, 11) is 0. The van der Waals surface area contributed by atoms with Crippen LogP contribution in [0.1, 0.15) is 58.7 Å². The summed E-state index contributed by atoms with van der Waals surface area (Å²) in [5.41, 5.74) is -0.494. The maximum Gasteiger partial charge on any atom is 0.234 e. The molecule has 5 heteroatoms. The smallest absolute Gasteiger partial charge is 0.234 e. The highest BCUT2D eigenvalue weighted by Crippen LogP contribution is 2.30. The van der Waals surface area contributed by atoms with Crippen molar-refractivity contribution in [2.45, 2.75) is 59.0 Å². The zero-order chi connectivity index (χ0) is 13.6. The number of aromatic nitrogens is 2. The predicted molar refractivity (Wildman–Crippen MR) is 67.2 cm³/mol. The van der Waals surface area contributed by atoms with Gasteiger partial charge in [0.05, 0.1) is 6.42 Å². The zero-order valence-corrected chi connectivity index (χ0v) is 11.7. The Hall–Kier alpha value is -1.23. The molecule has 0 spiro atoms. The molecule has 0 saturated carbocycles. The highest BCUT2D eigenvalue weighted by molar-refractivity contribution is 5.79. The van der Waals surface area contributed by atoms with Gasteiger partial charge in [-0.15, -0.1) is 0 Å². The second-order valence-electron chi connectivity index (χ2n) is 4.22. The van der Waals surface area contributed by atoms with Crippen molar-refractivity contribution in [2.24, 2.45) is 0 Å². The van der Waals surface area contributed by atoms with E-state index < -0.39 is 5.60 Å². The molecule has 0 unspecified atom stereocenters. The minimum Gasteiger partial charge on any atom is -0.367 e. The van der Waals surface area contributed by atoms with E-state index in [2.05, 4.69) is 10.1 Å². The first-order valence-electron chi connectivity index (χ1n) is 6.60. The van der Waals surface area contributed by atoms with E-state index in [1.807, 2.05) is 27.7 Å². The number of carbonyl (C=O) groups is 1. The van der Waals surface area contributed by atoms with E-state index in [9.17, 15) is 4.79 Å². The summed E-state index contributed by atoms with van der Waals surface area (Å²) in [4.78, 5) is 15.7. The van der Waals surface area contributed by atoms with Gasteiger partial charge in [-0.1, -0.05) is 25.9 Å². The van der Waals surface area contributed by atoms with Crippen LogP contribution in [-0.2, 0) is 21.6 Å². The normalized spacial score (nSPS) is 11.8. The Labute approximate surface area is 108 Å². The van der Waals surface area contributed by atoms with Gasteiger partial charge in [-0.05, 0) is 19.8 Å². The average Bonchev–Trinajstić information content (AvgIpc) is 2.84. The second-order valence-corrected chi connectivity index (χ2v) is 4.22. The van der Waals surface area contributed by atoms with Gasteiger partial charge < -0.3 is 9.26 Å². The zero-order valence-electron chi connectivity index (χ0n) is 11.7. The first kappa shape index (κ1) is 14.8. The Balaban J connectivity index is 2.90. The number of nitrogens with zero attached hydrogens (tertiary/aromatic N) is 2. The van der Waals surface area contributed by atoms with E-state index in [0.29, 0.717) is 24.7 Å². The molecule has 0 N–H and O–H groups in total. The van der Waals surface area contributed by atoms with Crippen LogP contribution in [0.3, 0.4) is 0 Å². The van der Waals surface area contributed by atoms with Crippen molar-refractivity contribution < 1.29 is 14.1 Å². The van der Waals surface area contributed by atoms with Crippen LogP contribution in [-0.4, -0.2) is 22.5 Å². The maximum absolute atomic E-state index is 11.3. The van der Waals surface area contributed by atoms with Crippen molar-refractivity contribution in [1.82, 2.24) is 10.1 Å². The van der Waals surface area contributed by atoms with Crippen LogP contribution >= 0.6 is 0 Å². The van der Waals surface area contributed by atoms with Gasteiger partial charge in [0.1, 0.15) is 11.4 Å². The average molecular weight is 254 g/mol. The first-order chi connectivity index (χ1) is 8.61. The van der Waals surface area contributed by atoms with Crippen molar-refractivity contribution >= 4 is 5.78 Å². The van der Waals surface area contributed by atoms with Gasteiger partial charge in [0.2, 0.25) is 11.7 Å². The van der Waals surface area contributed by atoms with Crippen LogP contribution in [0.15, 0.2) is 4.52 Å². The molecule has 0 aliphatic heterocycles. The number of Topliss-reactive ketones (excluding diaryl/α,β-unsaturated/α-hetero) is 1. The molecule has 1 aromatic heterocycles. The van der Waals surface area contributed by atoms with Crippen LogP contribution in [0.5, 0.6) is 0 Å². The number of carbonyl (C=O) groups excluding carboxylic acids is 1. The third-order valence-electron chi connectivity index (χ3n) is 3.18. The largest absolute Gasteiger partial charge is 0.367 e. The molecule has 0 saturated heterocycles. The SMILES string of the molecule is CCOC(CC)(CC)c1noc(CC(=O)CC)n1. The molecule has 1 aromatic rings. The van der Waals surface area contributed by atoms with Crippen LogP contribution in [0, 0.1) is 0 Å². The summed E-state index contributed by atoms with van der Waals surface area (Å²) in [6.07, 6.45) is 2.24. The monoisotopic (exact) mass is 254 g/mol. The van der Waals surface area contributed by atoms with E-state index in [0.717, 1.165) is 12.8 Å². The van der Waals surface area contributed by atoms with Crippen LogP contribution in [0.25, 0.3) is 0 Å². The molecule has 0 atom stereocenters. The molecular formula is C13H22N2O3. The van der Waals surface area contributed by atoms with Crippen molar-refractivity contribution in [2.75, 3.05) is 6.61 Å². The first-order valence-corrected chi connectivity index (χ1v) is 6.60. The highest BCUT2D eigenvalue weighted by atomic mass is 16.5. The lowest BCUT2D eigenvalue weighted by atomic mass is 9.96. The lowest BCUT2D eigenvalue weighted by molar-refractivity contribution is -0.118. The molecule has 1 rings (SSSR count). The van der Waals surface area contributed by atoms with E-state index in [4.69, 9.17) is 9.26 Å². The topological polar surface area (TPSA) is 65.2 Å².